The molecule has 1 aromatic heterocycles. The number of nitro groups is 1. The maximum Gasteiger partial charge on any atom is 0.269 e. The normalized spacial score (nSPS) is 19.5. The Morgan fingerprint density at radius 1 is 1.33 bits per heavy atom. The number of fused-ring (bicyclic) bond motifs is 1. The topological polar surface area (TPSA) is 75.5 Å². The van der Waals surface area contributed by atoms with Crippen molar-refractivity contribution < 1.29 is 9.72 Å². The van der Waals surface area contributed by atoms with E-state index in [1.165, 1.54) is 34.7 Å². The molecule has 1 amide bonds. The Hall–Kier alpha value is -2.25. The second kappa shape index (κ2) is 8.63. The molecule has 2 heterocycles. The smallest absolute Gasteiger partial charge is 0.269 e. The van der Waals surface area contributed by atoms with E-state index in [1.807, 2.05) is 11.3 Å². The number of non-ortho nitro benzene ring substituents is 1. The van der Waals surface area contributed by atoms with Crippen molar-refractivity contribution in [3.8, 4) is 0 Å². The van der Waals surface area contributed by atoms with Crippen LogP contribution in [-0.4, -0.2) is 34.9 Å². The lowest BCUT2D eigenvalue weighted by Gasteiger charge is -2.40. The SMILES string of the molecule is CCCC1Cc2ccsc2C(C)N1CCNC(=O)c1ccc([N+](=O)[O-])cc1. The van der Waals surface area contributed by atoms with Crippen LogP contribution in [0.3, 0.4) is 0 Å². The van der Waals surface area contributed by atoms with Crippen LogP contribution in [0.15, 0.2) is 35.7 Å². The summed E-state index contributed by atoms with van der Waals surface area (Å²) < 4.78 is 0. The van der Waals surface area contributed by atoms with Gasteiger partial charge < -0.3 is 5.32 Å². The van der Waals surface area contributed by atoms with E-state index in [4.69, 9.17) is 0 Å². The number of amides is 1. The zero-order chi connectivity index (χ0) is 19.4. The molecule has 144 valence electrons. The van der Waals surface area contributed by atoms with Gasteiger partial charge in [-0.2, -0.15) is 0 Å². The summed E-state index contributed by atoms with van der Waals surface area (Å²) in [5.41, 5.74) is 1.90. The predicted molar refractivity (Wildman–Crippen MR) is 107 cm³/mol. The maximum atomic E-state index is 12.3. The van der Waals surface area contributed by atoms with Crippen molar-refractivity contribution in [2.45, 2.75) is 45.2 Å². The van der Waals surface area contributed by atoms with Crippen LogP contribution in [0, 0.1) is 10.1 Å². The lowest BCUT2D eigenvalue weighted by atomic mass is 9.93. The van der Waals surface area contributed by atoms with Gasteiger partial charge in [-0.1, -0.05) is 13.3 Å². The molecule has 3 rings (SSSR count). The van der Waals surface area contributed by atoms with E-state index in [0.717, 1.165) is 25.8 Å². The molecular weight excluding hydrogens is 362 g/mol. The minimum atomic E-state index is -0.466. The van der Waals surface area contributed by atoms with Gasteiger partial charge >= 0.3 is 0 Å². The summed E-state index contributed by atoms with van der Waals surface area (Å²) in [6.07, 6.45) is 3.37. The maximum absolute atomic E-state index is 12.3. The van der Waals surface area contributed by atoms with Gasteiger partial charge in [-0.3, -0.25) is 19.8 Å². The van der Waals surface area contributed by atoms with Gasteiger partial charge in [-0.15, -0.1) is 11.3 Å². The second-order valence-electron chi connectivity index (χ2n) is 6.93. The summed E-state index contributed by atoms with van der Waals surface area (Å²) in [7, 11) is 0. The van der Waals surface area contributed by atoms with E-state index >= 15 is 0 Å². The molecular formula is C20H25N3O3S. The third kappa shape index (κ3) is 4.36. The van der Waals surface area contributed by atoms with Crippen molar-refractivity contribution >= 4 is 22.9 Å². The molecule has 0 bridgehead atoms. The molecule has 1 aliphatic heterocycles. The Labute approximate surface area is 163 Å². The number of rotatable bonds is 7. The standard InChI is InChI=1S/C20H25N3O3S/c1-3-4-18-13-16-9-12-27-19(16)14(2)22(18)11-10-21-20(24)15-5-7-17(8-6-15)23(25)26/h5-9,12,14,18H,3-4,10-11,13H2,1-2H3,(H,21,24). The molecule has 27 heavy (non-hydrogen) atoms. The van der Waals surface area contributed by atoms with Crippen LogP contribution in [0.25, 0.3) is 0 Å². The number of carbonyl (C=O) groups is 1. The van der Waals surface area contributed by atoms with E-state index in [-0.39, 0.29) is 11.6 Å². The summed E-state index contributed by atoms with van der Waals surface area (Å²) in [6, 6.07) is 8.82. The molecule has 0 saturated carbocycles. The molecule has 2 aromatic rings. The van der Waals surface area contributed by atoms with Crippen LogP contribution >= 0.6 is 11.3 Å². The van der Waals surface area contributed by atoms with Gasteiger partial charge in [0.25, 0.3) is 11.6 Å². The fourth-order valence-electron chi connectivity index (χ4n) is 3.83. The van der Waals surface area contributed by atoms with Crippen LogP contribution in [0.5, 0.6) is 0 Å². The molecule has 0 fully saturated rings. The summed E-state index contributed by atoms with van der Waals surface area (Å²) >= 11 is 1.81. The summed E-state index contributed by atoms with van der Waals surface area (Å²) in [6.45, 7) is 5.81. The van der Waals surface area contributed by atoms with Gasteiger partial charge in [0.1, 0.15) is 0 Å². The number of nitro benzene ring substituents is 1. The highest BCUT2D eigenvalue weighted by molar-refractivity contribution is 7.10. The van der Waals surface area contributed by atoms with Gasteiger partial charge in [0.05, 0.1) is 4.92 Å². The van der Waals surface area contributed by atoms with Crippen LogP contribution in [0.4, 0.5) is 5.69 Å². The minimum Gasteiger partial charge on any atom is -0.351 e. The monoisotopic (exact) mass is 387 g/mol. The lowest BCUT2D eigenvalue weighted by molar-refractivity contribution is -0.384. The number of hydrogen-bond donors (Lipinski definition) is 1. The molecule has 6 nitrogen and oxygen atoms in total. The van der Waals surface area contributed by atoms with Crippen molar-refractivity contribution in [1.29, 1.82) is 0 Å². The number of hydrogen-bond acceptors (Lipinski definition) is 5. The number of thiophene rings is 1. The molecule has 0 spiro atoms. The van der Waals surface area contributed by atoms with Gasteiger partial charge in [-0.25, -0.2) is 0 Å². The van der Waals surface area contributed by atoms with Crippen molar-refractivity contribution in [3.05, 3.63) is 61.8 Å². The largest absolute Gasteiger partial charge is 0.351 e. The minimum absolute atomic E-state index is 0.0112. The second-order valence-corrected chi connectivity index (χ2v) is 7.88. The molecule has 7 heteroatoms. The third-order valence-electron chi connectivity index (χ3n) is 5.20. The van der Waals surface area contributed by atoms with E-state index < -0.39 is 4.92 Å². The van der Waals surface area contributed by atoms with E-state index in [0.29, 0.717) is 24.2 Å². The Balaban J connectivity index is 1.59. The summed E-state index contributed by atoms with van der Waals surface area (Å²) in [5.74, 6) is -0.196. The van der Waals surface area contributed by atoms with Crippen molar-refractivity contribution in [2.75, 3.05) is 13.1 Å². The third-order valence-corrected chi connectivity index (χ3v) is 6.33. The average Bonchev–Trinajstić information content (AvgIpc) is 3.13. The highest BCUT2D eigenvalue weighted by Crippen LogP contribution is 2.37. The number of carbonyl (C=O) groups excluding carboxylic acids is 1. The molecule has 0 aliphatic carbocycles. The first-order valence-corrected chi connectivity index (χ1v) is 10.2. The highest BCUT2D eigenvalue weighted by atomic mass is 32.1. The molecule has 2 unspecified atom stereocenters. The Kier molecular flexibility index (Phi) is 6.23. The average molecular weight is 388 g/mol. The van der Waals surface area contributed by atoms with Crippen molar-refractivity contribution in [3.63, 3.8) is 0 Å². The molecule has 2 atom stereocenters. The van der Waals surface area contributed by atoms with E-state index in [1.54, 1.807) is 0 Å². The van der Waals surface area contributed by atoms with Gasteiger partial charge in [0, 0.05) is 47.7 Å². The van der Waals surface area contributed by atoms with Crippen molar-refractivity contribution in [1.82, 2.24) is 10.2 Å². The van der Waals surface area contributed by atoms with Crippen LogP contribution in [0.2, 0.25) is 0 Å². The first-order chi connectivity index (χ1) is 13.0. The highest BCUT2D eigenvalue weighted by Gasteiger charge is 2.31. The zero-order valence-corrected chi connectivity index (χ0v) is 16.5. The fraction of sp³-hybridized carbons (Fsp3) is 0.450. The number of nitrogens with one attached hydrogen (secondary N) is 1. The first kappa shape index (κ1) is 19.5. The molecule has 1 aliphatic rings. The van der Waals surface area contributed by atoms with E-state index in [2.05, 4.69) is 35.5 Å². The summed E-state index contributed by atoms with van der Waals surface area (Å²) in [4.78, 5) is 26.5. The Morgan fingerprint density at radius 2 is 2.07 bits per heavy atom. The van der Waals surface area contributed by atoms with Crippen LogP contribution in [0.1, 0.15) is 53.5 Å². The van der Waals surface area contributed by atoms with E-state index in [9.17, 15) is 14.9 Å². The lowest BCUT2D eigenvalue weighted by Crippen LogP contribution is -2.45. The number of nitrogens with zero attached hydrogens (tertiary/aromatic N) is 2. The zero-order valence-electron chi connectivity index (χ0n) is 15.7. The van der Waals surface area contributed by atoms with Gasteiger partial charge in [0.2, 0.25) is 0 Å². The molecule has 0 saturated heterocycles. The Bertz CT molecular complexity index is 803. The molecule has 1 N–H and O–H groups in total. The quantitative estimate of drug-likeness (QED) is 0.571. The molecule has 0 radical (unpaired) electrons. The summed E-state index contributed by atoms with van der Waals surface area (Å²) in [5, 5.41) is 15.8. The van der Waals surface area contributed by atoms with Gasteiger partial charge in [0.15, 0.2) is 0 Å². The van der Waals surface area contributed by atoms with Crippen molar-refractivity contribution in [2.24, 2.45) is 0 Å². The predicted octanol–water partition coefficient (Wildman–Crippen LogP) is 4.17. The molecule has 1 aromatic carbocycles. The van der Waals surface area contributed by atoms with Crippen LogP contribution in [-0.2, 0) is 6.42 Å². The Morgan fingerprint density at radius 3 is 2.74 bits per heavy atom. The van der Waals surface area contributed by atoms with Gasteiger partial charge in [-0.05, 0) is 48.9 Å². The fourth-order valence-corrected chi connectivity index (χ4v) is 4.85. The number of benzene rings is 1. The first-order valence-electron chi connectivity index (χ1n) is 9.36. The van der Waals surface area contributed by atoms with Crippen LogP contribution < -0.4 is 5.32 Å².